The average Bonchev–Trinajstić information content (AvgIpc) is 2.47. The van der Waals surface area contributed by atoms with Crippen molar-refractivity contribution < 1.29 is 0 Å². The van der Waals surface area contributed by atoms with E-state index in [1.165, 1.54) is 31.4 Å². The molecule has 0 aliphatic heterocycles. The summed E-state index contributed by atoms with van der Waals surface area (Å²) in [6.07, 6.45) is 7.43. The molecule has 0 spiro atoms. The first kappa shape index (κ1) is 8.79. The van der Waals surface area contributed by atoms with E-state index in [1.54, 1.807) is 0 Å². The van der Waals surface area contributed by atoms with Gasteiger partial charge in [0.15, 0.2) is 0 Å². The van der Waals surface area contributed by atoms with Gasteiger partial charge >= 0.3 is 0 Å². The molecule has 0 aromatic carbocycles. The molecule has 0 atom stereocenters. The van der Waals surface area contributed by atoms with Crippen LogP contribution in [0.4, 0.5) is 0 Å². The van der Waals surface area contributed by atoms with E-state index >= 15 is 0 Å². The molecule has 71 valence electrons. The molecule has 1 heterocycles. The Morgan fingerprint density at radius 2 is 2.00 bits per heavy atom. The zero-order valence-corrected chi connectivity index (χ0v) is 8.45. The molecule has 1 aromatic rings. The van der Waals surface area contributed by atoms with E-state index in [0.29, 0.717) is 6.04 Å². The van der Waals surface area contributed by atoms with Gasteiger partial charge in [-0.25, -0.2) is 0 Å². The van der Waals surface area contributed by atoms with Crippen LogP contribution in [0.25, 0.3) is 0 Å². The molecule has 2 rings (SSSR count). The zero-order valence-electron chi connectivity index (χ0n) is 8.45. The molecule has 1 aliphatic carbocycles. The normalized spacial score (nSPS) is 19.2. The second-order valence-electron chi connectivity index (χ2n) is 3.97. The summed E-state index contributed by atoms with van der Waals surface area (Å²) >= 11 is 0. The van der Waals surface area contributed by atoms with E-state index in [2.05, 4.69) is 36.1 Å². The summed E-state index contributed by atoms with van der Waals surface area (Å²) in [5, 5.41) is 4.54. The van der Waals surface area contributed by atoms with Crippen molar-refractivity contribution >= 4 is 0 Å². The Bertz CT molecular complexity index is 282. The van der Waals surface area contributed by atoms with Gasteiger partial charge in [-0.05, 0) is 52.0 Å². The van der Waals surface area contributed by atoms with Crippen LogP contribution in [0.2, 0.25) is 0 Å². The number of aromatic nitrogens is 2. The minimum atomic E-state index is 0.652. The first-order valence-electron chi connectivity index (χ1n) is 5.12. The summed E-state index contributed by atoms with van der Waals surface area (Å²) in [5.74, 6) is 0. The van der Waals surface area contributed by atoms with E-state index in [9.17, 15) is 0 Å². The van der Waals surface area contributed by atoms with Crippen LogP contribution in [0.3, 0.4) is 0 Å². The van der Waals surface area contributed by atoms with Crippen LogP contribution < -0.4 is 0 Å². The van der Waals surface area contributed by atoms with Crippen LogP contribution in [0, 0.1) is 20.3 Å². The lowest BCUT2D eigenvalue weighted by molar-refractivity contribution is 0.358. The van der Waals surface area contributed by atoms with Crippen molar-refractivity contribution in [3.63, 3.8) is 0 Å². The molecule has 0 N–H and O–H groups in total. The van der Waals surface area contributed by atoms with Gasteiger partial charge in [-0.3, -0.25) is 4.68 Å². The highest BCUT2D eigenvalue weighted by molar-refractivity contribution is 5.08. The van der Waals surface area contributed by atoms with Gasteiger partial charge in [0.2, 0.25) is 0 Å². The van der Waals surface area contributed by atoms with Gasteiger partial charge in [-0.2, -0.15) is 5.10 Å². The van der Waals surface area contributed by atoms with Crippen molar-refractivity contribution in [1.29, 1.82) is 0 Å². The quantitative estimate of drug-likeness (QED) is 0.645. The molecule has 1 radical (unpaired) electrons. The minimum Gasteiger partial charge on any atom is -0.267 e. The van der Waals surface area contributed by atoms with E-state index in [1.807, 2.05) is 0 Å². The molecule has 1 aliphatic rings. The zero-order chi connectivity index (χ0) is 9.26. The highest BCUT2D eigenvalue weighted by atomic mass is 15.3. The number of aryl methyl sites for hydroxylation is 2. The lowest BCUT2D eigenvalue weighted by Gasteiger charge is -2.23. The smallest absolute Gasteiger partial charge is 0.0596 e. The highest BCUT2D eigenvalue weighted by Gasteiger charge is 2.17. The molecular weight excluding hydrogens is 160 g/mol. The largest absolute Gasteiger partial charge is 0.267 e. The minimum absolute atomic E-state index is 0.652. The molecule has 1 fully saturated rings. The third-order valence-electron chi connectivity index (χ3n) is 2.80. The van der Waals surface area contributed by atoms with Crippen molar-refractivity contribution in [2.45, 2.75) is 45.6 Å². The maximum absolute atomic E-state index is 4.54. The van der Waals surface area contributed by atoms with Gasteiger partial charge in [0.05, 0.1) is 11.7 Å². The van der Waals surface area contributed by atoms with Gasteiger partial charge < -0.3 is 0 Å². The van der Waals surface area contributed by atoms with Crippen LogP contribution >= 0.6 is 0 Å². The van der Waals surface area contributed by atoms with E-state index in [4.69, 9.17) is 0 Å². The van der Waals surface area contributed by atoms with Crippen LogP contribution in [0.1, 0.15) is 43.1 Å². The summed E-state index contributed by atoms with van der Waals surface area (Å²) in [5.41, 5.74) is 2.46. The van der Waals surface area contributed by atoms with Crippen molar-refractivity contribution in [1.82, 2.24) is 9.78 Å². The SMILES string of the molecule is Cc1cc(C)n(C2CC[CH]CC2)n1. The Balaban J connectivity index is 2.18. The highest BCUT2D eigenvalue weighted by Crippen LogP contribution is 2.28. The molecule has 13 heavy (non-hydrogen) atoms. The van der Waals surface area contributed by atoms with E-state index < -0.39 is 0 Å². The maximum atomic E-state index is 4.54. The van der Waals surface area contributed by atoms with Crippen molar-refractivity contribution in [2.75, 3.05) is 0 Å². The van der Waals surface area contributed by atoms with Gasteiger partial charge in [-0.1, -0.05) is 0 Å². The van der Waals surface area contributed by atoms with E-state index in [-0.39, 0.29) is 0 Å². The van der Waals surface area contributed by atoms with E-state index in [0.717, 1.165) is 5.69 Å². The fraction of sp³-hybridized carbons (Fsp3) is 0.636. The molecule has 0 bridgehead atoms. The second-order valence-corrected chi connectivity index (χ2v) is 3.97. The summed E-state index contributed by atoms with van der Waals surface area (Å²) in [6, 6.07) is 2.82. The Hall–Kier alpha value is -0.790. The fourth-order valence-electron chi connectivity index (χ4n) is 2.17. The van der Waals surface area contributed by atoms with Crippen molar-refractivity contribution in [2.24, 2.45) is 0 Å². The standard InChI is InChI=1S/C11H17N2/c1-9-8-10(2)13(12-9)11-6-4-3-5-7-11/h3,8,11H,4-7H2,1-2H3. The second kappa shape index (κ2) is 3.52. The molecule has 1 saturated carbocycles. The molecular formula is C11H17N2. The van der Waals surface area contributed by atoms with Gasteiger partial charge in [-0.15, -0.1) is 0 Å². The molecule has 0 amide bonds. The summed E-state index contributed by atoms with van der Waals surface area (Å²) in [6.45, 7) is 4.22. The van der Waals surface area contributed by atoms with Crippen molar-refractivity contribution in [3.8, 4) is 0 Å². The number of rotatable bonds is 1. The van der Waals surface area contributed by atoms with Gasteiger partial charge in [0, 0.05) is 5.69 Å². The Morgan fingerprint density at radius 3 is 2.54 bits per heavy atom. The summed E-state index contributed by atoms with van der Waals surface area (Å²) < 4.78 is 2.21. The number of nitrogens with zero attached hydrogens (tertiary/aromatic N) is 2. The summed E-state index contributed by atoms with van der Waals surface area (Å²) in [7, 11) is 0. The fourth-order valence-corrected chi connectivity index (χ4v) is 2.17. The third kappa shape index (κ3) is 1.77. The Morgan fingerprint density at radius 1 is 1.31 bits per heavy atom. The van der Waals surface area contributed by atoms with Crippen LogP contribution in [0.5, 0.6) is 0 Å². The lowest BCUT2D eigenvalue weighted by Crippen LogP contribution is -2.15. The summed E-state index contributed by atoms with van der Waals surface area (Å²) in [4.78, 5) is 0. The van der Waals surface area contributed by atoms with Gasteiger partial charge in [0.25, 0.3) is 0 Å². The average molecular weight is 177 g/mol. The maximum Gasteiger partial charge on any atom is 0.0596 e. The lowest BCUT2D eigenvalue weighted by atomic mass is 9.95. The molecule has 2 nitrogen and oxygen atoms in total. The van der Waals surface area contributed by atoms with Crippen LogP contribution in [-0.4, -0.2) is 9.78 Å². The molecule has 0 unspecified atom stereocenters. The number of hydrogen-bond acceptors (Lipinski definition) is 1. The first-order valence-corrected chi connectivity index (χ1v) is 5.12. The topological polar surface area (TPSA) is 17.8 Å². The monoisotopic (exact) mass is 177 g/mol. The number of hydrogen-bond donors (Lipinski definition) is 0. The predicted molar refractivity (Wildman–Crippen MR) is 53.5 cm³/mol. The van der Waals surface area contributed by atoms with Crippen LogP contribution in [-0.2, 0) is 0 Å². The molecule has 1 aromatic heterocycles. The molecule has 0 saturated heterocycles. The van der Waals surface area contributed by atoms with Crippen LogP contribution in [0.15, 0.2) is 6.07 Å². The Kier molecular flexibility index (Phi) is 2.38. The van der Waals surface area contributed by atoms with Crippen molar-refractivity contribution in [3.05, 3.63) is 23.9 Å². The predicted octanol–water partition coefficient (Wildman–Crippen LogP) is 2.82. The van der Waals surface area contributed by atoms with Gasteiger partial charge in [0.1, 0.15) is 0 Å². The third-order valence-corrected chi connectivity index (χ3v) is 2.80. The Labute approximate surface area is 80.0 Å². The first-order chi connectivity index (χ1) is 6.27. The molecule has 2 heteroatoms.